The lowest BCUT2D eigenvalue weighted by Crippen LogP contribution is -2.14. The Kier molecular flexibility index (Phi) is 5.71. The highest BCUT2D eigenvalue weighted by Gasteiger charge is 2.22. The molecule has 0 amide bonds. The molecule has 0 radical (unpaired) electrons. The molecular formula is C19H16ClN3O5S. The fourth-order valence-electron chi connectivity index (χ4n) is 2.62. The summed E-state index contributed by atoms with van der Waals surface area (Å²) in [7, 11) is -3.85. The molecule has 1 heterocycles. The average Bonchev–Trinajstić information content (AvgIpc) is 3.03. The molecule has 0 bridgehead atoms. The van der Waals surface area contributed by atoms with Crippen molar-refractivity contribution in [2.75, 3.05) is 4.72 Å². The third kappa shape index (κ3) is 4.64. The van der Waals surface area contributed by atoms with E-state index in [1.807, 2.05) is 0 Å². The third-order valence-electron chi connectivity index (χ3n) is 4.06. The van der Waals surface area contributed by atoms with Gasteiger partial charge in [-0.3, -0.25) is 14.8 Å². The molecule has 2 aromatic carbocycles. The van der Waals surface area contributed by atoms with Gasteiger partial charge in [-0.2, -0.15) is 0 Å². The minimum atomic E-state index is -3.85. The van der Waals surface area contributed by atoms with E-state index < -0.39 is 14.9 Å². The number of rotatable bonds is 6. The van der Waals surface area contributed by atoms with Crippen LogP contribution in [0.15, 0.2) is 51.9 Å². The second-order valence-corrected chi connectivity index (χ2v) is 8.30. The third-order valence-corrected chi connectivity index (χ3v) is 5.84. The first-order chi connectivity index (χ1) is 13.7. The first-order valence-electron chi connectivity index (χ1n) is 8.35. The molecule has 0 aliphatic rings. The van der Waals surface area contributed by atoms with Crippen LogP contribution in [0.2, 0.25) is 5.02 Å². The predicted molar refractivity (Wildman–Crippen MR) is 110 cm³/mol. The van der Waals surface area contributed by atoms with Crippen molar-refractivity contribution in [2.24, 2.45) is 0 Å². The molecule has 0 unspecified atom stereocenters. The summed E-state index contributed by atoms with van der Waals surface area (Å²) in [5, 5.41) is 15.2. The lowest BCUT2D eigenvalue weighted by atomic mass is 10.1. The average molecular weight is 434 g/mol. The number of hydrogen-bond donors (Lipinski definition) is 1. The van der Waals surface area contributed by atoms with E-state index in [-0.39, 0.29) is 22.0 Å². The molecule has 0 aliphatic heterocycles. The fourth-order valence-corrected chi connectivity index (χ4v) is 4.09. The Morgan fingerprint density at radius 3 is 2.48 bits per heavy atom. The van der Waals surface area contributed by atoms with Crippen LogP contribution in [0.5, 0.6) is 0 Å². The molecule has 29 heavy (non-hydrogen) atoms. The van der Waals surface area contributed by atoms with Gasteiger partial charge < -0.3 is 4.52 Å². The van der Waals surface area contributed by atoms with Crippen molar-refractivity contribution in [3.8, 4) is 0 Å². The van der Waals surface area contributed by atoms with E-state index in [2.05, 4.69) is 9.88 Å². The molecule has 0 fully saturated rings. The van der Waals surface area contributed by atoms with Gasteiger partial charge in [0.2, 0.25) is 5.76 Å². The minimum absolute atomic E-state index is 0.0169. The highest BCUT2D eigenvalue weighted by Crippen LogP contribution is 2.26. The maximum atomic E-state index is 12.8. The van der Waals surface area contributed by atoms with Crippen LogP contribution >= 0.6 is 11.6 Å². The number of benzene rings is 2. The Hall–Kier alpha value is -3.17. The molecule has 3 aromatic rings. The second kappa shape index (κ2) is 8.06. The minimum Gasteiger partial charge on any atom is -0.349 e. The maximum Gasteiger partial charge on any atom is 0.338 e. The zero-order chi connectivity index (χ0) is 21.2. The number of nitrogens with one attached hydrogen (secondary N) is 1. The van der Waals surface area contributed by atoms with Crippen LogP contribution in [0, 0.1) is 24.0 Å². The number of aromatic nitrogens is 1. The standard InChI is InChI=1S/C19H16ClN3O5S/c1-12-3-4-14(5-10-17-19(23(24)25)13(2)21-28-17)11-18(12)29(26,27)22-16-8-6-15(20)7-9-16/h3-11,22H,1-2H3. The fraction of sp³-hybridized carbons (Fsp3) is 0.105. The number of hydrogen-bond acceptors (Lipinski definition) is 6. The molecule has 1 N–H and O–H groups in total. The van der Waals surface area contributed by atoms with Crippen molar-refractivity contribution >= 4 is 45.2 Å². The van der Waals surface area contributed by atoms with Crippen LogP contribution in [0.3, 0.4) is 0 Å². The second-order valence-electron chi connectivity index (χ2n) is 6.21. The summed E-state index contributed by atoms with van der Waals surface area (Å²) in [4.78, 5) is 10.6. The summed E-state index contributed by atoms with van der Waals surface area (Å²) >= 11 is 5.82. The highest BCUT2D eigenvalue weighted by atomic mass is 35.5. The van der Waals surface area contributed by atoms with E-state index in [1.54, 1.807) is 43.3 Å². The molecule has 3 rings (SSSR count). The molecular weight excluding hydrogens is 418 g/mol. The number of halogens is 1. The molecule has 0 saturated carbocycles. The highest BCUT2D eigenvalue weighted by molar-refractivity contribution is 7.92. The zero-order valence-corrected chi connectivity index (χ0v) is 17.0. The summed E-state index contributed by atoms with van der Waals surface area (Å²) in [6.45, 7) is 3.15. The summed E-state index contributed by atoms with van der Waals surface area (Å²) in [6, 6.07) is 11.1. The number of nitro groups is 1. The Bertz CT molecular complexity index is 1200. The van der Waals surface area contributed by atoms with Gasteiger partial charge in [0.1, 0.15) is 0 Å². The van der Waals surface area contributed by atoms with Crippen molar-refractivity contribution < 1.29 is 17.9 Å². The van der Waals surface area contributed by atoms with Crippen LogP contribution in [0.1, 0.15) is 22.6 Å². The number of anilines is 1. The maximum absolute atomic E-state index is 12.8. The van der Waals surface area contributed by atoms with E-state index in [1.165, 1.54) is 25.1 Å². The SMILES string of the molecule is Cc1ccc(C=Cc2onc(C)c2[N+](=O)[O-])cc1S(=O)(=O)Nc1ccc(Cl)cc1. The molecule has 150 valence electrons. The normalized spacial score (nSPS) is 11.7. The van der Waals surface area contributed by atoms with Crippen LogP contribution in [0.25, 0.3) is 12.2 Å². The van der Waals surface area contributed by atoms with Crippen molar-refractivity contribution in [3.63, 3.8) is 0 Å². The van der Waals surface area contributed by atoms with Gasteiger partial charge in [-0.05, 0) is 61.4 Å². The van der Waals surface area contributed by atoms with Crippen molar-refractivity contribution in [3.05, 3.63) is 80.2 Å². The first kappa shape index (κ1) is 20.6. The quantitative estimate of drug-likeness (QED) is 0.440. The van der Waals surface area contributed by atoms with Crippen molar-refractivity contribution in [1.82, 2.24) is 5.16 Å². The Labute approximate surface area is 172 Å². The molecule has 10 heteroatoms. The lowest BCUT2D eigenvalue weighted by Gasteiger charge is -2.11. The van der Waals surface area contributed by atoms with E-state index >= 15 is 0 Å². The number of aryl methyl sites for hydroxylation is 2. The number of sulfonamides is 1. The van der Waals surface area contributed by atoms with E-state index in [0.717, 1.165) is 0 Å². The van der Waals surface area contributed by atoms with E-state index in [0.29, 0.717) is 21.8 Å². The molecule has 0 aliphatic carbocycles. The smallest absolute Gasteiger partial charge is 0.338 e. The predicted octanol–water partition coefficient (Wildman–Crippen LogP) is 4.82. The van der Waals surface area contributed by atoms with Gasteiger partial charge >= 0.3 is 5.69 Å². The van der Waals surface area contributed by atoms with Gasteiger partial charge in [0.05, 0.1) is 9.82 Å². The van der Waals surface area contributed by atoms with Crippen LogP contribution < -0.4 is 4.72 Å². The summed E-state index contributed by atoms with van der Waals surface area (Å²) in [5.74, 6) is -0.0169. The van der Waals surface area contributed by atoms with Crippen LogP contribution in [-0.2, 0) is 10.0 Å². The van der Waals surface area contributed by atoms with Crippen LogP contribution in [-0.4, -0.2) is 18.5 Å². The summed E-state index contributed by atoms with van der Waals surface area (Å²) in [6.07, 6.45) is 2.90. The molecule has 0 atom stereocenters. The molecule has 1 aromatic heterocycles. The Morgan fingerprint density at radius 1 is 1.14 bits per heavy atom. The van der Waals surface area contributed by atoms with Gasteiger partial charge in [0.15, 0.2) is 5.69 Å². The van der Waals surface area contributed by atoms with E-state index in [9.17, 15) is 18.5 Å². The lowest BCUT2D eigenvalue weighted by molar-refractivity contribution is -0.386. The Morgan fingerprint density at radius 2 is 1.83 bits per heavy atom. The van der Waals surface area contributed by atoms with Crippen molar-refractivity contribution in [2.45, 2.75) is 18.7 Å². The molecule has 0 saturated heterocycles. The van der Waals surface area contributed by atoms with Crippen LogP contribution in [0.4, 0.5) is 11.4 Å². The summed E-state index contributed by atoms with van der Waals surface area (Å²) in [5.41, 5.74) is 1.38. The summed E-state index contributed by atoms with van der Waals surface area (Å²) < 4.78 is 33.1. The number of nitrogens with zero attached hydrogens (tertiary/aromatic N) is 2. The van der Waals surface area contributed by atoms with Gasteiger partial charge in [-0.15, -0.1) is 0 Å². The molecule has 0 spiro atoms. The van der Waals surface area contributed by atoms with Crippen molar-refractivity contribution in [1.29, 1.82) is 0 Å². The van der Waals surface area contributed by atoms with Gasteiger partial charge in [0.25, 0.3) is 10.0 Å². The Balaban J connectivity index is 1.92. The van der Waals surface area contributed by atoms with Gasteiger partial charge in [-0.25, -0.2) is 8.42 Å². The molecule has 8 nitrogen and oxygen atoms in total. The van der Waals surface area contributed by atoms with E-state index in [4.69, 9.17) is 16.1 Å². The van der Waals surface area contributed by atoms with Gasteiger partial charge in [0, 0.05) is 10.7 Å². The van der Waals surface area contributed by atoms with Gasteiger partial charge in [-0.1, -0.05) is 35.0 Å². The first-order valence-corrected chi connectivity index (χ1v) is 10.2. The topological polar surface area (TPSA) is 115 Å². The zero-order valence-electron chi connectivity index (χ0n) is 15.4. The largest absolute Gasteiger partial charge is 0.349 e. The monoisotopic (exact) mass is 433 g/mol.